The molecule has 0 bridgehead atoms. The number of hydrogen-bond donors (Lipinski definition) is 0. The Labute approximate surface area is 70.3 Å². The van der Waals surface area contributed by atoms with Crippen LogP contribution in [0.15, 0.2) is 36.0 Å². The Balaban J connectivity index is 3.68. The van der Waals surface area contributed by atoms with Crippen molar-refractivity contribution in [3.05, 3.63) is 36.0 Å². The summed E-state index contributed by atoms with van der Waals surface area (Å²) >= 11 is 0. The molecule has 0 saturated carbocycles. The molecule has 0 heterocycles. The molecule has 0 aromatic heterocycles. The Bertz CT molecular complexity index is 170. The van der Waals surface area contributed by atoms with Gasteiger partial charge in [-0.1, -0.05) is 29.4 Å². The summed E-state index contributed by atoms with van der Waals surface area (Å²) in [4.78, 5) is 0. The van der Waals surface area contributed by atoms with E-state index in [1.165, 1.54) is 11.1 Å². The predicted molar refractivity (Wildman–Crippen MR) is 52.6 cm³/mol. The lowest BCUT2D eigenvalue weighted by atomic mass is 10.1. The van der Waals surface area contributed by atoms with Crippen molar-refractivity contribution in [2.45, 2.75) is 33.6 Å². The van der Waals surface area contributed by atoms with Crippen LogP contribution >= 0.6 is 0 Å². The first-order valence-electron chi connectivity index (χ1n) is 4.09. The van der Waals surface area contributed by atoms with Gasteiger partial charge in [0.25, 0.3) is 0 Å². The van der Waals surface area contributed by atoms with Gasteiger partial charge < -0.3 is 0 Å². The van der Waals surface area contributed by atoms with Crippen LogP contribution in [0.4, 0.5) is 0 Å². The SMILES string of the molecule is C=C(C)CC/C(C)=C/C=C\C. The smallest absolute Gasteiger partial charge is 0.0283 e. The van der Waals surface area contributed by atoms with Gasteiger partial charge in [-0.25, -0.2) is 0 Å². The first kappa shape index (κ1) is 10.2. The van der Waals surface area contributed by atoms with Crippen LogP contribution in [0.2, 0.25) is 0 Å². The average molecular weight is 150 g/mol. The summed E-state index contributed by atoms with van der Waals surface area (Å²) in [6.07, 6.45) is 8.53. The molecule has 0 aromatic rings. The summed E-state index contributed by atoms with van der Waals surface area (Å²) in [5.74, 6) is 0. The zero-order chi connectivity index (χ0) is 8.69. The van der Waals surface area contributed by atoms with Crippen LogP contribution in [0.5, 0.6) is 0 Å². The second-order valence-electron chi connectivity index (χ2n) is 3.00. The minimum atomic E-state index is 1.11. The Kier molecular flexibility index (Phi) is 5.54. The maximum atomic E-state index is 3.86. The van der Waals surface area contributed by atoms with Crippen LogP contribution in [0, 0.1) is 0 Å². The van der Waals surface area contributed by atoms with Crippen LogP contribution in [-0.4, -0.2) is 0 Å². The highest BCUT2D eigenvalue weighted by molar-refractivity contribution is 5.11. The van der Waals surface area contributed by atoms with E-state index in [1.807, 2.05) is 13.0 Å². The molecule has 0 aliphatic heterocycles. The van der Waals surface area contributed by atoms with E-state index in [0.717, 1.165) is 12.8 Å². The second kappa shape index (κ2) is 5.96. The van der Waals surface area contributed by atoms with Crippen molar-refractivity contribution in [3.8, 4) is 0 Å². The lowest BCUT2D eigenvalue weighted by molar-refractivity contribution is 0.928. The number of hydrogen-bond acceptors (Lipinski definition) is 0. The van der Waals surface area contributed by atoms with E-state index in [1.54, 1.807) is 0 Å². The van der Waals surface area contributed by atoms with Gasteiger partial charge in [-0.15, -0.1) is 6.58 Å². The van der Waals surface area contributed by atoms with E-state index in [-0.39, 0.29) is 0 Å². The molecule has 0 aliphatic carbocycles. The lowest BCUT2D eigenvalue weighted by Crippen LogP contribution is -1.78. The van der Waals surface area contributed by atoms with Gasteiger partial charge in [0.2, 0.25) is 0 Å². The summed E-state index contributed by atoms with van der Waals surface area (Å²) in [6.45, 7) is 10.1. The molecule has 62 valence electrons. The minimum absolute atomic E-state index is 1.11. The molecule has 0 radical (unpaired) electrons. The second-order valence-corrected chi connectivity index (χ2v) is 3.00. The van der Waals surface area contributed by atoms with Gasteiger partial charge in [-0.05, 0) is 33.6 Å². The standard InChI is InChI=1S/C11H18/c1-5-6-7-11(4)9-8-10(2)3/h5-7H,2,8-9H2,1,3-4H3/b6-5-,11-7+. The third kappa shape index (κ3) is 7.11. The minimum Gasteiger partial charge on any atom is -0.100 e. The van der Waals surface area contributed by atoms with Crippen molar-refractivity contribution < 1.29 is 0 Å². The molecular formula is C11H18. The summed E-state index contributed by atoms with van der Waals surface area (Å²) in [5, 5.41) is 0. The first-order chi connectivity index (χ1) is 5.16. The van der Waals surface area contributed by atoms with Gasteiger partial charge in [0.1, 0.15) is 0 Å². The van der Waals surface area contributed by atoms with Crippen LogP contribution in [0.25, 0.3) is 0 Å². The maximum Gasteiger partial charge on any atom is -0.0283 e. The molecule has 0 nitrogen and oxygen atoms in total. The Hall–Kier alpha value is -0.780. The zero-order valence-electron chi connectivity index (χ0n) is 7.85. The molecule has 11 heavy (non-hydrogen) atoms. The van der Waals surface area contributed by atoms with E-state index >= 15 is 0 Å². The highest BCUT2D eigenvalue weighted by Crippen LogP contribution is 2.08. The predicted octanol–water partition coefficient (Wildman–Crippen LogP) is 3.87. The molecule has 0 saturated heterocycles. The first-order valence-corrected chi connectivity index (χ1v) is 4.09. The summed E-state index contributed by atoms with van der Waals surface area (Å²) in [6, 6.07) is 0. The van der Waals surface area contributed by atoms with Crippen molar-refractivity contribution in [2.75, 3.05) is 0 Å². The third-order valence-electron chi connectivity index (χ3n) is 1.52. The monoisotopic (exact) mass is 150 g/mol. The van der Waals surface area contributed by atoms with Crippen LogP contribution in [0.1, 0.15) is 33.6 Å². The molecule has 0 rings (SSSR count). The van der Waals surface area contributed by atoms with Crippen molar-refractivity contribution in [2.24, 2.45) is 0 Å². The van der Waals surface area contributed by atoms with Crippen LogP contribution in [-0.2, 0) is 0 Å². The Morgan fingerprint density at radius 2 is 1.91 bits per heavy atom. The molecule has 0 atom stereocenters. The Morgan fingerprint density at radius 1 is 1.27 bits per heavy atom. The average Bonchev–Trinajstić information content (AvgIpc) is 1.97. The van der Waals surface area contributed by atoms with Gasteiger partial charge in [0, 0.05) is 0 Å². The maximum absolute atomic E-state index is 3.86. The molecular weight excluding hydrogens is 132 g/mol. The van der Waals surface area contributed by atoms with Gasteiger partial charge in [0.05, 0.1) is 0 Å². The van der Waals surface area contributed by atoms with Crippen molar-refractivity contribution in [1.82, 2.24) is 0 Å². The molecule has 0 fully saturated rings. The molecule has 0 N–H and O–H groups in total. The van der Waals surface area contributed by atoms with Gasteiger partial charge in [-0.3, -0.25) is 0 Å². The van der Waals surface area contributed by atoms with Crippen LogP contribution in [0.3, 0.4) is 0 Å². The summed E-state index contributed by atoms with van der Waals surface area (Å²) in [5.41, 5.74) is 2.68. The van der Waals surface area contributed by atoms with Crippen molar-refractivity contribution in [3.63, 3.8) is 0 Å². The molecule has 0 unspecified atom stereocenters. The molecule has 0 amide bonds. The van der Waals surface area contributed by atoms with E-state index < -0.39 is 0 Å². The fraction of sp³-hybridized carbons (Fsp3) is 0.455. The Morgan fingerprint density at radius 3 is 2.36 bits per heavy atom. The van der Waals surface area contributed by atoms with Gasteiger partial charge in [-0.2, -0.15) is 0 Å². The fourth-order valence-corrected chi connectivity index (χ4v) is 0.754. The highest BCUT2D eigenvalue weighted by Gasteiger charge is 1.88. The van der Waals surface area contributed by atoms with E-state index in [4.69, 9.17) is 0 Å². The quantitative estimate of drug-likeness (QED) is 0.421. The van der Waals surface area contributed by atoms with E-state index in [2.05, 4.69) is 32.6 Å². The number of rotatable bonds is 4. The molecule has 0 spiro atoms. The molecule has 0 heteroatoms. The topological polar surface area (TPSA) is 0 Å². The van der Waals surface area contributed by atoms with E-state index in [9.17, 15) is 0 Å². The lowest BCUT2D eigenvalue weighted by Gasteiger charge is -1.98. The highest BCUT2D eigenvalue weighted by atomic mass is 13.9. The molecule has 0 aromatic carbocycles. The third-order valence-corrected chi connectivity index (χ3v) is 1.52. The zero-order valence-corrected chi connectivity index (χ0v) is 7.85. The van der Waals surface area contributed by atoms with E-state index in [0.29, 0.717) is 0 Å². The summed E-state index contributed by atoms with van der Waals surface area (Å²) in [7, 11) is 0. The van der Waals surface area contributed by atoms with Crippen molar-refractivity contribution in [1.29, 1.82) is 0 Å². The summed E-state index contributed by atoms with van der Waals surface area (Å²) < 4.78 is 0. The normalized spacial score (nSPS) is 12.5. The fourth-order valence-electron chi connectivity index (χ4n) is 0.754. The van der Waals surface area contributed by atoms with Crippen molar-refractivity contribution >= 4 is 0 Å². The van der Waals surface area contributed by atoms with Gasteiger partial charge >= 0.3 is 0 Å². The largest absolute Gasteiger partial charge is 0.100 e. The molecule has 0 aliphatic rings. The van der Waals surface area contributed by atoms with Crippen LogP contribution < -0.4 is 0 Å². The van der Waals surface area contributed by atoms with Gasteiger partial charge in [0.15, 0.2) is 0 Å². The number of allylic oxidation sites excluding steroid dienone is 5.